The van der Waals surface area contributed by atoms with E-state index in [9.17, 15) is 13.2 Å². The molecule has 2 aromatic heterocycles. The van der Waals surface area contributed by atoms with E-state index in [1.54, 1.807) is 5.51 Å². The molecule has 0 bridgehead atoms. The van der Waals surface area contributed by atoms with Crippen LogP contribution < -0.4 is 0 Å². The van der Waals surface area contributed by atoms with Crippen molar-refractivity contribution in [2.24, 2.45) is 0 Å². The van der Waals surface area contributed by atoms with E-state index in [1.807, 2.05) is 6.92 Å². The van der Waals surface area contributed by atoms with Crippen LogP contribution in [0.25, 0.3) is 0 Å². The molecule has 0 aromatic carbocycles. The highest BCUT2D eigenvalue weighted by Crippen LogP contribution is 2.14. The van der Waals surface area contributed by atoms with Gasteiger partial charge >= 0.3 is 5.97 Å². The van der Waals surface area contributed by atoms with Crippen molar-refractivity contribution in [3.05, 3.63) is 39.7 Å². The summed E-state index contributed by atoms with van der Waals surface area (Å²) in [6.07, 6.45) is 1.70. The molecule has 0 aliphatic carbocycles. The Bertz CT molecular complexity index is 729. The van der Waals surface area contributed by atoms with E-state index < -0.39 is 15.8 Å². The molecule has 0 unspecified atom stereocenters. The Hall–Kier alpha value is -1.67. The van der Waals surface area contributed by atoms with Crippen LogP contribution in [-0.4, -0.2) is 32.2 Å². The van der Waals surface area contributed by atoms with Gasteiger partial charge in [0.1, 0.15) is 11.5 Å². The summed E-state index contributed by atoms with van der Waals surface area (Å²) >= 11 is 1.51. The van der Waals surface area contributed by atoms with Crippen LogP contribution in [0.3, 0.4) is 0 Å². The number of esters is 1. The summed E-state index contributed by atoms with van der Waals surface area (Å²) in [6, 6.07) is 2.88. The molecule has 0 N–H and O–H groups in total. The lowest BCUT2D eigenvalue weighted by atomic mass is 10.3. The van der Waals surface area contributed by atoms with Crippen molar-refractivity contribution >= 4 is 27.1 Å². The van der Waals surface area contributed by atoms with Gasteiger partial charge in [-0.1, -0.05) is 0 Å². The van der Waals surface area contributed by atoms with Gasteiger partial charge in [-0.25, -0.2) is 18.2 Å². The van der Waals surface area contributed by atoms with Gasteiger partial charge in [-0.2, -0.15) is 0 Å². The highest BCUT2D eigenvalue weighted by Gasteiger charge is 2.15. The molecule has 0 fully saturated rings. The predicted octanol–water partition coefficient (Wildman–Crippen LogP) is 1.99. The Balaban J connectivity index is 1.87. The zero-order chi connectivity index (χ0) is 15.5. The molecule has 0 spiro atoms. The van der Waals surface area contributed by atoms with Crippen molar-refractivity contribution in [3.8, 4) is 0 Å². The summed E-state index contributed by atoms with van der Waals surface area (Å²) in [5.41, 5.74) is 2.68. The molecule has 0 saturated heterocycles. The molecule has 0 aliphatic heterocycles. The lowest BCUT2D eigenvalue weighted by Crippen LogP contribution is -2.07. The van der Waals surface area contributed by atoms with Crippen molar-refractivity contribution in [2.45, 2.75) is 19.1 Å². The molecular weight excluding hydrogens is 314 g/mol. The largest absolute Gasteiger partial charge is 0.459 e. The SMILES string of the molecule is Cc1ncsc1CCOC(=O)c1ccc(CS(C)(=O)=O)o1. The number of ether oxygens (including phenoxy) is 1. The standard InChI is InChI=1S/C13H15NO5S2/c1-9-12(20-8-14-9)5-6-18-13(15)11-4-3-10(19-11)7-21(2,16)17/h3-4,8H,5-7H2,1-2H3. The van der Waals surface area contributed by atoms with E-state index in [0.29, 0.717) is 6.42 Å². The van der Waals surface area contributed by atoms with E-state index in [4.69, 9.17) is 9.15 Å². The molecule has 0 radical (unpaired) electrons. The first kappa shape index (κ1) is 15.7. The first-order chi connectivity index (χ1) is 9.85. The van der Waals surface area contributed by atoms with Gasteiger partial charge in [0.05, 0.1) is 17.8 Å². The number of nitrogens with zero attached hydrogens (tertiary/aromatic N) is 1. The number of hydrogen-bond acceptors (Lipinski definition) is 7. The van der Waals surface area contributed by atoms with Crippen molar-refractivity contribution in [3.63, 3.8) is 0 Å². The smallest absolute Gasteiger partial charge is 0.374 e. The lowest BCUT2D eigenvalue weighted by Gasteiger charge is -2.02. The summed E-state index contributed by atoms with van der Waals surface area (Å²) < 4.78 is 32.5. The maximum Gasteiger partial charge on any atom is 0.374 e. The molecule has 0 amide bonds. The fourth-order valence-corrected chi connectivity index (χ4v) is 3.13. The summed E-state index contributed by atoms with van der Waals surface area (Å²) in [5, 5.41) is 0. The third kappa shape index (κ3) is 4.68. The molecule has 2 heterocycles. The van der Waals surface area contributed by atoms with Crippen molar-refractivity contribution in [2.75, 3.05) is 12.9 Å². The van der Waals surface area contributed by atoms with Gasteiger partial charge in [-0.05, 0) is 19.1 Å². The number of thiazole rings is 1. The topological polar surface area (TPSA) is 86.5 Å². The van der Waals surface area contributed by atoms with Gasteiger partial charge in [-0.3, -0.25) is 0 Å². The fourth-order valence-electron chi connectivity index (χ4n) is 1.70. The van der Waals surface area contributed by atoms with Crippen LogP contribution in [0.15, 0.2) is 22.1 Å². The zero-order valence-corrected chi connectivity index (χ0v) is 13.3. The zero-order valence-electron chi connectivity index (χ0n) is 11.7. The van der Waals surface area contributed by atoms with Gasteiger partial charge in [0.2, 0.25) is 5.76 Å². The van der Waals surface area contributed by atoms with Crippen LogP contribution >= 0.6 is 11.3 Å². The molecule has 2 rings (SSSR count). The molecule has 0 saturated carbocycles. The number of hydrogen-bond donors (Lipinski definition) is 0. The maximum absolute atomic E-state index is 11.8. The second-order valence-electron chi connectivity index (χ2n) is 4.58. The monoisotopic (exact) mass is 329 g/mol. The normalized spacial score (nSPS) is 11.5. The molecule has 21 heavy (non-hydrogen) atoms. The Morgan fingerprint density at radius 2 is 2.19 bits per heavy atom. The van der Waals surface area contributed by atoms with Crippen molar-refractivity contribution in [1.29, 1.82) is 0 Å². The second kappa shape index (κ2) is 6.40. The van der Waals surface area contributed by atoms with Gasteiger partial charge in [0, 0.05) is 17.6 Å². The van der Waals surface area contributed by atoms with Crippen LogP contribution in [0.5, 0.6) is 0 Å². The Morgan fingerprint density at radius 1 is 1.43 bits per heavy atom. The van der Waals surface area contributed by atoms with Gasteiger partial charge in [-0.15, -0.1) is 11.3 Å². The first-order valence-electron chi connectivity index (χ1n) is 6.17. The Morgan fingerprint density at radius 3 is 2.81 bits per heavy atom. The van der Waals surface area contributed by atoms with Gasteiger partial charge in [0.25, 0.3) is 0 Å². The third-order valence-electron chi connectivity index (χ3n) is 2.67. The van der Waals surface area contributed by atoms with E-state index in [-0.39, 0.29) is 23.9 Å². The second-order valence-corrected chi connectivity index (χ2v) is 7.66. The van der Waals surface area contributed by atoms with E-state index >= 15 is 0 Å². The minimum atomic E-state index is -3.19. The minimum absolute atomic E-state index is 0.00896. The highest BCUT2D eigenvalue weighted by molar-refractivity contribution is 7.89. The van der Waals surface area contributed by atoms with Crippen LogP contribution in [0, 0.1) is 6.92 Å². The fraction of sp³-hybridized carbons (Fsp3) is 0.385. The summed E-state index contributed by atoms with van der Waals surface area (Å²) in [6.45, 7) is 2.13. The predicted molar refractivity (Wildman–Crippen MR) is 78.1 cm³/mol. The average molecular weight is 329 g/mol. The molecule has 8 heteroatoms. The van der Waals surface area contributed by atoms with Crippen LogP contribution in [0.1, 0.15) is 26.9 Å². The van der Waals surface area contributed by atoms with Gasteiger partial charge in [0.15, 0.2) is 9.84 Å². The summed E-state index contributed by atoms with van der Waals surface area (Å²) in [5.74, 6) is -0.602. The minimum Gasteiger partial charge on any atom is -0.459 e. The lowest BCUT2D eigenvalue weighted by molar-refractivity contribution is 0.0472. The molecule has 114 valence electrons. The summed E-state index contributed by atoms with van der Waals surface area (Å²) in [7, 11) is -3.19. The number of rotatable bonds is 6. The molecule has 2 aromatic rings. The Kier molecular flexibility index (Phi) is 4.79. The quantitative estimate of drug-likeness (QED) is 0.753. The number of furan rings is 1. The average Bonchev–Trinajstić information content (AvgIpc) is 2.97. The van der Waals surface area contributed by atoms with Gasteiger partial charge < -0.3 is 9.15 Å². The van der Waals surface area contributed by atoms with Crippen molar-refractivity contribution in [1.82, 2.24) is 4.98 Å². The molecule has 6 nitrogen and oxygen atoms in total. The first-order valence-corrected chi connectivity index (χ1v) is 9.12. The third-order valence-corrected chi connectivity index (χ3v) is 4.48. The molecule has 0 aliphatic rings. The number of carbonyl (C=O) groups is 1. The number of aromatic nitrogens is 1. The van der Waals surface area contributed by atoms with Crippen LogP contribution in [0.2, 0.25) is 0 Å². The molecule has 0 atom stereocenters. The van der Waals surface area contributed by atoms with Crippen LogP contribution in [-0.2, 0) is 26.7 Å². The van der Waals surface area contributed by atoms with E-state index in [0.717, 1.165) is 16.8 Å². The number of aryl methyl sites for hydroxylation is 1. The van der Waals surface area contributed by atoms with Crippen molar-refractivity contribution < 1.29 is 22.4 Å². The summed E-state index contributed by atoms with van der Waals surface area (Å²) in [4.78, 5) is 16.9. The van der Waals surface area contributed by atoms with E-state index in [1.165, 1.54) is 23.5 Å². The molecular formula is C13H15NO5S2. The van der Waals surface area contributed by atoms with Crippen LogP contribution in [0.4, 0.5) is 0 Å². The van der Waals surface area contributed by atoms with E-state index in [2.05, 4.69) is 4.98 Å². The Labute approximate surface area is 126 Å². The highest BCUT2D eigenvalue weighted by atomic mass is 32.2. The maximum atomic E-state index is 11.8. The number of carbonyl (C=O) groups excluding carboxylic acids is 1. The number of sulfone groups is 1.